The molecular weight excluding hydrogens is 330 g/mol. The number of benzene rings is 1. The van der Waals surface area contributed by atoms with Crippen LogP contribution in [0.3, 0.4) is 0 Å². The van der Waals surface area contributed by atoms with Crippen LogP contribution >= 0.6 is 23.2 Å². The second-order valence-corrected chi connectivity index (χ2v) is 6.74. The van der Waals surface area contributed by atoms with Crippen LogP contribution in [0.5, 0.6) is 0 Å². The molecule has 0 spiro atoms. The first-order valence-corrected chi connectivity index (χ1v) is 8.01. The number of fused-ring (bicyclic) bond motifs is 1. The molecule has 1 aromatic carbocycles. The first kappa shape index (κ1) is 15.8. The van der Waals surface area contributed by atoms with Gasteiger partial charge < -0.3 is 15.3 Å². The summed E-state index contributed by atoms with van der Waals surface area (Å²) in [5.41, 5.74) is 0.258. The summed E-state index contributed by atoms with van der Waals surface area (Å²) < 4.78 is 14.0. The number of amides is 2. The quantitative estimate of drug-likeness (QED) is 0.864. The fraction of sp³-hybridized carbons (Fsp3) is 0.533. The molecule has 1 fully saturated rings. The molecule has 2 atom stereocenters. The van der Waals surface area contributed by atoms with Crippen molar-refractivity contribution in [1.82, 2.24) is 10.2 Å². The summed E-state index contributed by atoms with van der Waals surface area (Å²) in [4.78, 5) is 13.7. The van der Waals surface area contributed by atoms with Crippen LogP contribution in [0.1, 0.15) is 30.0 Å². The van der Waals surface area contributed by atoms with Crippen molar-refractivity contribution in [3.63, 3.8) is 0 Å². The molecule has 2 amide bonds. The van der Waals surface area contributed by atoms with Crippen molar-refractivity contribution in [3.05, 3.63) is 33.3 Å². The number of urea groups is 1. The highest BCUT2D eigenvalue weighted by molar-refractivity contribution is 6.42. The third-order valence-corrected chi connectivity index (χ3v) is 5.31. The highest BCUT2D eigenvalue weighted by Gasteiger charge is 2.40. The molecule has 1 aromatic rings. The van der Waals surface area contributed by atoms with E-state index in [0.717, 1.165) is 24.0 Å². The fourth-order valence-corrected chi connectivity index (χ4v) is 3.60. The molecule has 0 aromatic heterocycles. The Morgan fingerprint density at radius 3 is 2.95 bits per heavy atom. The summed E-state index contributed by atoms with van der Waals surface area (Å²) in [6.45, 7) is -0.322. The van der Waals surface area contributed by atoms with Gasteiger partial charge in [-0.15, -0.1) is 0 Å². The molecule has 0 radical (unpaired) electrons. The van der Waals surface area contributed by atoms with Gasteiger partial charge in [-0.05, 0) is 30.0 Å². The maximum Gasteiger partial charge on any atom is 0.317 e. The Morgan fingerprint density at radius 1 is 1.50 bits per heavy atom. The van der Waals surface area contributed by atoms with E-state index in [1.165, 1.54) is 4.90 Å². The lowest BCUT2D eigenvalue weighted by atomic mass is 10.1. The second kappa shape index (κ2) is 5.87. The number of aliphatic hydroxyl groups excluding tert-OH is 1. The smallest absolute Gasteiger partial charge is 0.317 e. The number of nitrogens with zero attached hydrogens (tertiary/aromatic N) is 1. The molecule has 0 bridgehead atoms. The fourth-order valence-electron chi connectivity index (χ4n) is 3.16. The molecular formula is C15H17Cl2FN2O2. The number of halogens is 3. The lowest BCUT2D eigenvalue weighted by Crippen LogP contribution is -2.42. The zero-order chi connectivity index (χ0) is 15.9. The Hall–Kier alpha value is -1.04. The normalized spacial score (nSPS) is 27.1. The Balaban J connectivity index is 1.69. The van der Waals surface area contributed by atoms with Gasteiger partial charge in [0.1, 0.15) is 0 Å². The van der Waals surface area contributed by atoms with Gasteiger partial charge in [0.05, 0.1) is 29.2 Å². The second-order valence-electron chi connectivity index (χ2n) is 5.95. The Morgan fingerprint density at radius 2 is 2.27 bits per heavy atom. The van der Waals surface area contributed by atoms with Gasteiger partial charge in [0.25, 0.3) is 0 Å². The van der Waals surface area contributed by atoms with Crippen molar-refractivity contribution in [2.24, 2.45) is 0 Å². The van der Waals surface area contributed by atoms with Crippen LogP contribution in [0.25, 0.3) is 0 Å². The third-order valence-electron chi connectivity index (χ3n) is 4.46. The van der Waals surface area contributed by atoms with Gasteiger partial charge in [-0.3, -0.25) is 0 Å². The van der Waals surface area contributed by atoms with E-state index >= 15 is 0 Å². The predicted molar refractivity (Wildman–Crippen MR) is 83.2 cm³/mol. The van der Waals surface area contributed by atoms with E-state index in [1.807, 2.05) is 6.07 Å². The molecule has 2 unspecified atom stereocenters. The number of carbonyl (C=O) groups is 1. The van der Waals surface area contributed by atoms with Crippen molar-refractivity contribution in [3.8, 4) is 0 Å². The molecule has 1 aliphatic carbocycles. The molecule has 3 rings (SSSR count). The van der Waals surface area contributed by atoms with E-state index in [1.54, 1.807) is 6.07 Å². The summed E-state index contributed by atoms with van der Waals surface area (Å²) in [5.74, 6) is 0. The van der Waals surface area contributed by atoms with Crippen LogP contribution in [0, 0.1) is 0 Å². The third kappa shape index (κ3) is 2.77. The number of nitrogens with one attached hydrogen (secondary N) is 1. The zero-order valence-corrected chi connectivity index (χ0v) is 13.4. The molecule has 22 heavy (non-hydrogen) atoms. The Labute approximate surface area is 138 Å². The van der Waals surface area contributed by atoms with Gasteiger partial charge in [-0.2, -0.15) is 0 Å². The standard InChI is InChI=1S/C15H17Cl2FN2O2/c16-11-3-1-9-10(13(11)17)2-4-12(9)19-14(22)20-6-5-15(18,7-20)8-21/h1,3,12,21H,2,4-8H2,(H,19,22). The highest BCUT2D eigenvalue weighted by atomic mass is 35.5. The van der Waals surface area contributed by atoms with Crippen molar-refractivity contribution >= 4 is 29.2 Å². The van der Waals surface area contributed by atoms with Crippen molar-refractivity contribution in [2.75, 3.05) is 19.7 Å². The van der Waals surface area contributed by atoms with E-state index in [4.69, 9.17) is 28.3 Å². The van der Waals surface area contributed by atoms with Crippen LogP contribution in [-0.4, -0.2) is 41.4 Å². The number of alkyl halides is 1. The summed E-state index contributed by atoms with van der Waals surface area (Å²) in [6.07, 6.45) is 1.67. The van der Waals surface area contributed by atoms with Crippen LogP contribution in [0.2, 0.25) is 10.0 Å². The van der Waals surface area contributed by atoms with E-state index in [2.05, 4.69) is 5.32 Å². The summed E-state index contributed by atoms with van der Waals surface area (Å²) in [5, 5.41) is 13.0. The SMILES string of the molecule is O=C(NC1CCc2c1ccc(Cl)c2Cl)N1CCC(F)(CO)C1. The number of hydrogen-bond acceptors (Lipinski definition) is 2. The van der Waals surface area contributed by atoms with Gasteiger partial charge in [0, 0.05) is 13.0 Å². The number of carbonyl (C=O) groups excluding carboxylic acids is 1. The average Bonchev–Trinajstić information content (AvgIpc) is 3.08. The summed E-state index contributed by atoms with van der Waals surface area (Å²) in [6, 6.07) is 3.15. The number of hydrogen-bond donors (Lipinski definition) is 2. The maximum absolute atomic E-state index is 14.0. The van der Waals surface area contributed by atoms with Crippen LogP contribution in [0.4, 0.5) is 9.18 Å². The van der Waals surface area contributed by atoms with Crippen molar-refractivity contribution in [2.45, 2.75) is 31.0 Å². The zero-order valence-electron chi connectivity index (χ0n) is 11.9. The lowest BCUT2D eigenvalue weighted by molar-refractivity contribution is 0.0804. The monoisotopic (exact) mass is 346 g/mol. The topological polar surface area (TPSA) is 52.6 Å². The number of likely N-dealkylation sites (tertiary alicyclic amines) is 1. The summed E-state index contributed by atoms with van der Waals surface area (Å²) in [7, 11) is 0. The largest absolute Gasteiger partial charge is 0.393 e. The molecule has 120 valence electrons. The molecule has 2 aliphatic rings. The molecule has 1 aliphatic heterocycles. The van der Waals surface area contributed by atoms with Gasteiger partial charge in [-0.1, -0.05) is 29.3 Å². The van der Waals surface area contributed by atoms with Gasteiger partial charge in [0.2, 0.25) is 0 Å². The van der Waals surface area contributed by atoms with Crippen molar-refractivity contribution in [1.29, 1.82) is 0 Å². The van der Waals surface area contributed by atoms with Crippen LogP contribution in [-0.2, 0) is 6.42 Å². The predicted octanol–water partition coefficient (Wildman–Crippen LogP) is 3.10. The van der Waals surface area contributed by atoms with Gasteiger partial charge in [0.15, 0.2) is 5.67 Å². The van der Waals surface area contributed by atoms with E-state index in [9.17, 15) is 9.18 Å². The molecule has 7 heteroatoms. The average molecular weight is 347 g/mol. The molecule has 1 heterocycles. The van der Waals surface area contributed by atoms with E-state index < -0.39 is 12.3 Å². The van der Waals surface area contributed by atoms with Gasteiger partial charge >= 0.3 is 6.03 Å². The van der Waals surface area contributed by atoms with Gasteiger partial charge in [-0.25, -0.2) is 9.18 Å². The molecule has 0 saturated carbocycles. The molecule has 4 nitrogen and oxygen atoms in total. The molecule has 2 N–H and O–H groups in total. The van der Waals surface area contributed by atoms with E-state index in [0.29, 0.717) is 16.6 Å². The minimum Gasteiger partial charge on any atom is -0.393 e. The minimum absolute atomic E-state index is 0.0731. The van der Waals surface area contributed by atoms with Crippen LogP contribution in [0.15, 0.2) is 12.1 Å². The maximum atomic E-state index is 14.0. The first-order valence-electron chi connectivity index (χ1n) is 7.25. The van der Waals surface area contributed by atoms with Crippen LogP contribution < -0.4 is 5.32 Å². The van der Waals surface area contributed by atoms with E-state index in [-0.39, 0.29) is 25.0 Å². The first-order chi connectivity index (χ1) is 10.4. The highest BCUT2D eigenvalue weighted by Crippen LogP contribution is 2.39. The number of aliphatic hydroxyl groups is 1. The lowest BCUT2D eigenvalue weighted by Gasteiger charge is -2.22. The van der Waals surface area contributed by atoms with Crippen molar-refractivity contribution < 1.29 is 14.3 Å². The minimum atomic E-state index is -1.68. The molecule has 1 saturated heterocycles. The number of rotatable bonds is 2. The Bertz CT molecular complexity index is 613. The summed E-state index contributed by atoms with van der Waals surface area (Å²) >= 11 is 12.2. The Kier molecular flexibility index (Phi) is 4.23.